The Labute approximate surface area is 118 Å². The summed E-state index contributed by atoms with van der Waals surface area (Å²) >= 11 is 3.20. The third-order valence-corrected chi connectivity index (χ3v) is 2.97. The average molecular weight is 323 g/mol. The number of benzene rings is 2. The van der Waals surface area contributed by atoms with Gasteiger partial charge in [0.25, 0.3) is 0 Å². The Hall–Kier alpha value is -1.92. The van der Waals surface area contributed by atoms with Gasteiger partial charge in [-0.3, -0.25) is 10.1 Å². The number of hydrogen-bond donors (Lipinski definition) is 1. The highest BCUT2D eigenvalue weighted by atomic mass is 79.9. The fourth-order valence-electron chi connectivity index (χ4n) is 1.58. The second-order valence-electron chi connectivity index (χ2n) is 3.82. The number of ether oxygens (including phenoxy) is 1. The van der Waals surface area contributed by atoms with Crippen LogP contribution < -0.4 is 10.5 Å². The van der Waals surface area contributed by atoms with Crippen LogP contribution in [0.2, 0.25) is 0 Å². The molecule has 0 saturated carbocycles. The number of rotatable bonds is 4. The maximum absolute atomic E-state index is 11.0. The second kappa shape index (κ2) is 5.81. The monoisotopic (exact) mass is 322 g/mol. The molecule has 0 radical (unpaired) electrons. The number of nitrogens with two attached hydrogens (primary N) is 1. The van der Waals surface area contributed by atoms with Crippen molar-refractivity contribution >= 4 is 21.6 Å². The molecule has 0 bridgehead atoms. The van der Waals surface area contributed by atoms with Gasteiger partial charge in [0, 0.05) is 17.1 Å². The predicted octanol–water partition coefficient (Wildman–Crippen LogP) is 3.61. The molecule has 0 aliphatic heterocycles. The van der Waals surface area contributed by atoms with E-state index in [0.29, 0.717) is 16.8 Å². The molecular formula is C13H11BrN2O3. The van der Waals surface area contributed by atoms with E-state index in [-0.39, 0.29) is 11.4 Å². The molecule has 2 rings (SSSR count). The molecule has 2 aromatic rings. The summed E-state index contributed by atoms with van der Waals surface area (Å²) < 4.78 is 6.18. The number of nitrogens with zero attached hydrogens (tertiary/aromatic N) is 1. The molecule has 0 aromatic heterocycles. The summed E-state index contributed by atoms with van der Waals surface area (Å²) in [6.07, 6.45) is 0. The summed E-state index contributed by atoms with van der Waals surface area (Å²) in [7, 11) is 0. The highest BCUT2D eigenvalue weighted by Gasteiger charge is 2.16. The van der Waals surface area contributed by atoms with Gasteiger partial charge in [-0.05, 0) is 29.8 Å². The van der Waals surface area contributed by atoms with Crippen molar-refractivity contribution in [1.29, 1.82) is 0 Å². The SMILES string of the molecule is NCc1cccc(Oc2ccc(Br)cc2[N+](=O)[O-])c1. The van der Waals surface area contributed by atoms with Gasteiger partial charge in [0.05, 0.1) is 4.92 Å². The minimum absolute atomic E-state index is 0.0903. The molecule has 0 fully saturated rings. The van der Waals surface area contributed by atoms with Gasteiger partial charge >= 0.3 is 5.69 Å². The van der Waals surface area contributed by atoms with E-state index in [4.69, 9.17) is 10.5 Å². The normalized spacial score (nSPS) is 10.2. The lowest BCUT2D eigenvalue weighted by Gasteiger charge is -2.07. The first-order valence-electron chi connectivity index (χ1n) is 5.51. The Morgan fingerprint density at radius 1 is 1.26 bits per heavy atom. The van der Waals surface area contributed by atoms with Gasteiger partial charge in [0.15, 0.2) is 0 Å². The van der Waals surface area contributed by atoms with E-state index in [9.17, 15) is 10.1 Å². The molecule has 5 nitrogen and oxygen atoms in total. The molecule has 0 aliphatic rings. The molecule has 2 N–H and O–H groups in total. The first-order valence-corrected chi connectivity index (χ1v) is 6.30. The van der Waals surface area contributed by atoms with Crippen LogP contribution in [0.5, 0.6) is 11.5 Å². The van der Waals surface area contributed by atoms with Crippen LogP contribution in [0.1, 0.15) is 5.56 Å². The van der Waals surface area contributed by atoms with Gasteiger partial charge in [-0.2, -0.15) is 0 Å². The summed E-state index contributed by atoms with van der Waals surface area (Å²) in [6.45, 7) is 0.389. The molecule has 98 valence electrons. The van der Waals surface area contributed by atoms with Gasteiger partial charge in [-0.25, -0.2) is 0 Å². The molecule has 0 spiro atoms. The van der Waals surface area contributed by atoms with Gasteiger partial charge < -0.3 is 10.5 Å². The molecule has 0 amide bonds. The Bertz CT molecular complexity index is 617. The zero-order chi connectivity index (χ0) is 13.8. The van der Waals surface area contributed by atoms with E-state index in [1.807, 2.05) is 6.07 Å². The van der Waals surface area contributed by atoms with Crippen LogP contribution in [-0.4, -0.2) is 4.92 Å². The molecule has 0 saturated heterocycles. The van der Waals surface area contributed by atoms with Crippen molar-refractivity contribution in [2.24, 2.45) is 5.73 Å². The first kappa shape index (κ1) is 13.5. The Morgan fingerprint density at radius 2 is 2.05 bits per heavy atom. The lowest BCUT2D eigenvalue weighted by atomic mass is 10.2. The van der Waals surface area contributed by atoms with E-state index in [0.717, 1.165) is 5.56 Å². The van der Waals surface area contributed by atoms with Crippen LogP contribution in [0, 0.1) is 10.1 Å². The summed E-state index contributed by atoms with van der Waals surface area (Å²) in [4.78, 5) is 10.5. The zero-order valence-electron chi connectivity index (χ0n) is 9.88. The zero-order valence-corrected chi connectivity index (χ0v) is 11.5. The lowest BCUT2D eigenvalue weighted by molar-refractivity contribution is -0.385. The smallest absolute Gasteiger partial charge is 0.312 e. The molecule has 0 heterocycles. The van der Waals surface area contributed by atoms with Crippen LogP contribution in [0.3, 0.4) is 0 Å². The highest BCUT2D eigenvalue weighted by Crippen LogP contribution is 2.33. The lowest BCUT2D eigenvalue weighted by Crippen LogP contribution is -1.97. The van der Waals surface area contributed by atoms with Crippen LogP contribution in [0.15, 0.2) is 46.9 Å². The van der Waals surface area contributed by atoms with Crippen LogP contribution in [-0.2, 0) is 6.54 Å². The third kappa shape index (κ3) is 3.30. The number of nitro benzene ring substituents is 1. The Balaban J connectivity index is 2.34. The minimum atomic E-state index is -0.479. The fraction of sp³-hybridized carbons (Fsp3) is 0.0769. The topological polar surface area (TPSA) is 78.4 Å². The first-order chi connectivity index (χ1) is 9.10. The number of halogens is 1. The van der Waals surface area contributed by atoms with Crippen molar-refractivity contribution in [2.75, 3.05) is 0 Å². The predicted molar refractivity (Wildman–Crippen MR) is 75.2 cm³/mol. The maximum atomic E-state index is 11.0. The van der Waals surface area contributed by atoms with Crippen molar-refractivity contribution in [1.82, 2.24) is 0 Å². The number of hydrogen-bond acceptors (Lipinski definition) is 4. The molecule has 2 aromatic carbocycles. The Morgan fingerprint density at radius 3 is 2.74 bits per heavy atom. The molecule has 0 atom stereocenters. The van der Waals surface area contributed by atoms with Gasteiger partial charge in [-0.1, -0.05) is 28.1 Å². The largest absolute Gasteiger partial charge is 0.450 e. The second-order valence-corrected chi connectivity index (χ2v) is 4.74. The molecule has 6 heteroatoms. The molecule has 19 heavy (non-hydrogen) atoms. The Kier molecular flexibility index (Phi) is 4.13. The van der Waals surface area contributed by atoms with E-state index in [1.54, 1.807) is 30.3 Å². The summed E-state index contributed by atoms with van der Waals surface area (Å²) in [6, 6.07) is 11.8. The van der Waals surface area contributed by atoms with Crippen LogP contribution in [0.25, 0.3) is 0 Å². The molecule has 0 aliphatic carbocycles. The highest BCUT2D eigenvalue weighted by molar-refractivity contribution is 9.10. The van der Waals surface area contributed by atoms with E-state index in [1.165, 1.54) is 6.07 Å². The average Bonchev–Trinajstić information content (AvgIpc) is 2.41. The van der Waals surface area contributed by atoms with Gasteiger partial charge in [0.2, 0.25) is 5.75 Å². The molecule has 0 unspecified atom stereocenters. The van der Waals surface area contributed by atoms with E-state index < -0.39 is 4.92 Å². The summed E-state index contributed by atoms with van der Waals surface area (Å²) in [5.41, 5.74) is 6.35. The van der Waals surface area contributed by atoms with Crippen molar-refractivity contribution < 1.29 is 9.66 Å². The third-order valence-electron chi connectivity index (χ3n) is 2.48. The van der Waals surface area contributed by atoms with Crippen LogP contribution in [0.4, 0.5) is 5.69 Å². The quantitative estimate of drug-likeness (QED) is 0.689. The van der Waals surface area contributed by atoms with E-state index in [2.05, 4.69) is 15.9 Å². The fourth-order valence-corrected chi connectivity index (χ4v) is 1.93. The molecular weight excluding hydrogens is 312 g/mol. The van der Waals surface area contributed by atoms with Crippen LogP contribution >= 0.6 is 15.9 Å². The van der Waals surface area contributed by atoms with E-state index >= 15 is 0 Å². The minimum Gasteiger partial charge on any atom is -0.450 e. The number of nitro groups is 1. The van der Waals surface area contributed by atoms with Crippen molar-refractivity contribution in [3.8, 4) is 11.5 Å². The van der Waals surface area contributed by atoms with Crippen molar-refractivity contribution in [3.05, 3.63) is 62.6 Å². The van der Waals surface area contributed by atoms with Crippen molar-refractivity contribution in [3.63, 3.8) is 0 Å². The standard InChI is InChI=1S/C13H11BrN2O3/c14-10-4-5-13(12(7-10)16(17)18)19-11-3-1-2-9(6-11)8-15/h1-7H,8,15H2. The van der Waals surface area contributed by atoms with Crippen molar-refractivity contribution in [2.45, 2.75) is 6.54 Å². The van der Waals surface area contributed by atoms with Gasteiger partial charge in [0.1, 0.15) is 5.75 Å². The van der Waals surface area contributed by atoms with Gasteiger partial charge in [-0.15, -0.1) is 0 Å². The maximum Gasteiger partial charge on any atom is 0.312 e. The summed E-state index contributed by atoms with van der Waals surface area (Å²) in [5.74, 6) is 0.718. The summed E-state index contributed by atoms with van der Waals surface area (Å²) in [5, 5.41) is 11.0.